The smallest absolute Gasteiger partial charge is 0.341 e. The standard InChI is InChI=1S/C25H29NO4/c1-15-19(22(27)29-24(2,3)4)20(23(28)30-25(5,6)7)21(26-15)18-13-12-16-10-8-9-11-17(16)14-18/h8-14,26H,1-7H3. The summed E-state index contributed by atoms with van der Waals surface area (Å²) < 4.78 is 11.2. The van der Waals surface area contributed by atoms with Gasteiger partial charge in [0, 0.05) is 5.69 Å². The number of nitrogens with one attached hydrogen (secondary N) is 1. The highest BCUT2D eigenvalue weighted by atomic mass is 16.6. The van der Waals surface area contributed by atoms with E-state index >= 15 is 0 Å². The molecule has 0 saturated heterocycles. The van der Waals surface area contributed by atoms with Crippen LogP contribution in [-0.2, 0) is 9.47 Å². The number of aromatic nitrogens is 1. The largest absolute Gasteiger partial charge is 0.456 e. The van der Waals surface area contributed by atoms with Gasteiger partial charge in [0.2, 0.25) is 0 Å². The summed E-state index contributed by atoms with van der Waals surface area (Å²) in [5.74, 6) is -1.11. The number of aryl methyl sites for hydroxylation is 1. The first-order valence-corrected chi connectivity index (χ1v) is 10.0. The summed E-state index contributed by atoms with van der Waals surface area (Å²) in [4.78, 5) is 29.4. The summed E-state index contributed by atoms with van der Waals surface area (Å²) in [5.41, 5.74) is 0.937. The second kappa shape index (κ2) is 7.63. The quantitative estimate of drug-likeness (QED) is 0.536. The van der Waals surface area contributed by atoms with E-state index in [2.05, 4.69) is 4.98 Å². The third-order valence-corrected chi connectivity index (χ3v) is 4.43. The Morgan fingerprint density at radius 3 is 1.87 bits per heavy atom. The lowest BCUT2D eigenvalue weighted by molar-refractivity contribution is 0.00199. The predicted molar refractivity (Wildman–Crippen MR) is 119 cm³/mol. The molecule has 0 aliphatic heterocycles. The molecule has 5 heteroatoms. The van der Waals surface area contributed by atoms with Gasteiger partial charge in [-0.25, -0.2) is 9.59 Å². The summed E-state index contributed by atoms with van der Waals surface area (Å²) >= 11 is 0. The number of H-pyrrole nitrogens is 1. The van der Waals surface area contributed by atoms with Crippen molar-refractivity contribution in [3.05, 3.63) is 59.3 Å². The van der Waals surface area contributed by atoms with Crippen molar-refractivity contribution in [1.82, 2.24) is 4.98 Å². The van der Waals surface area contributed by atoms with Gasteiger partial charge in [-0.05, 0) is 70.9 Å². The molecule has 0 fully saturated rings. The summed E-state index contributed by atoms with van der Waals surface area (Å²) in [5, 5.41) is 2.13. The lowest BCUT2D eigenvalue weighted by Gasteiger charge is -2.22. The first-order chi connectivity index (χ1) is 13.9. The summed E-state index contributed by atoms with van der Waals surface area (Å²) in [6.07, 6.45) is 0. The Bertz CT molecular complexity index is 1110. The molecule has 5 nitrogen and oxygen atoms in total. The minimum absolute atomic E-state index is 0.201. The maximum atomic E-state index is 13.2. The van der Waals surface area contributed by atoms with E-state index in [0.717, 1.165) is 16.3 Å². The van der Waals surface area contributed by atoms with Crippen molar-refractivity contribution in [2.75, 3.05) is 0 Å². The zero-order valence-corrected chi connectivity index (χ0v) is 18.7. The zero-order chi connectivity index (χ0) is 22.3. The minimum atomic E-state index is -0.700. The maximum absolute atomic E-state index is 13.2. The Labute approximate surface area is 177 Å². The Morgan fingerprint density at radius 1 is 0.767 bits per heavy atom. The van der Waals surface area contributed by atoms with Crippen molar-refractivity contribution in [1.29, 1.82) is 0 Å². The van der Waals surface area contributed by atoms with E-state index in [-0.39, 0.29) is 11.1 Å². The van der Waals surface area contributed by atoms with Crippen molar-refractivity contribution in [3.63, 3.8) is 0 Å². The van der Waals surface area contributed by atoms with Gasteiger partial charge in [-0.1, -0.05) is 36.4 Å². The van der Waals surface area contributed by atoms with E-state index in [9.17, 15) is 9.59 Å². The third kappa shape index (κ3) is 4.73. The molecule has 0 bridgehead atoms. The molecule has 30 heavy (non-hydrogen) atoms. The SMILES string of the molecule is Cc1[nH]c(-c2ccc3ccccc3c2)c(C(=O)OC(C)(C)C)c1C(=O)OC(C)(C)C. The molecule has 0 amide bonds. The molecule has 0 aliphatic carbocycles. The number of hydrogen-bond donors (Lipinski definition) is 1. The lowest BCUT2D eigenvalue weighted by atomic mass is 10.0. The van der Waals surface area contributed by atoms with Crippen LogP contribution in [0.15, 0.2) is 42.5 Å². The van der Waals surface area contributed by atoms with Crippen molar-refractivity contribution in [2.24, 2.45) is 0 Å². The molecule has 2 aromatic carbocycles. The normalized spacial score (nSPS) is 12.1. The van der Waals surface area contributed by atoms with Crippen LogP contribution >= 0.6 is 0 Å². The van der Waals surface area contributed by atoms with Crippen LogP contribution < -0.4 is 0 Å². The predicted octanol–water partition coefficient (Wildman–Crippen LogP) is 6.05. The van der Waals surface area contributed by atoms with Gasteiger partial charge in [-0.15, -0.1) is 0 Å². The number of rotatable bonds is 3. The van der Waals surface area contributed by atoms with Gasteiger partial charge in [-0.2, -0.15) is 0 Å². The first kappa shape index (κ1) is 21.6. The molecule has 0 radical (unpaired) electrons. The van der Waals surface area contributed by atoms with Crippen LogP contribution in [0.4, 0.5) is 0 Å². The number of hydrogen-bond acceptors (Lipinski definition) is 4. The molecular weight excluding hydrogens is 378 g/mol. The van der Waals surface area contributed by atoms with Crippen LogP contribution in [0, 0.1) is 6.92 Å². The summed E-state index contributed by atoms with van der Waals surface area (Å²) in [7, 11) is 0. The monoisotopic (exact) mass is 407 g/mol. The lowest BCUT2D eigenvalue weighted by Crippen LogP contribution is -2.27. The number of carbonyl (C=O) groups is 2. The molecule has 0 saturated carbocycles. The van der Waals surface area contributed by atoms with Crippen LogP contribution in [0.3, 0.4) is 0 Å². The molecule has 3 rings (SSSR count). The van der Waals surface area contributed by atoms with Gasteiger partial charge in [0.25, 0.3) is 0 Å². The second-order valence-electron chi connectivity index (χ2n) is 9.44. The van der Waals surface area contributed by atoms with E-state index in [1.54, 1.807) is 48.5 Å². The number of benzene rings is 2. The highest BCUT2D eigenvalue weighted by Crippen LogP contribution is 2.33. The molecular formula is C25H29NO4. The molecule has 1 heterocycles. The fraction of sp³-hybridized carbons (Fsp3) is 0.360. The number of aromatic amines is 1. The van der Waals surface area contributed by atoms with Crippen molar-refractivity contribution in [2.45, 2.75) is 59.7 Å². The maximum Gasteiger partial charge on any atom is 0.341 e. The van der Waals surface area contributed by atoms with Crippen LogP contribution in [0.25, 0.3) is 22.0 Å². The van der Waals surface area contributed by atoms with Crippen LogP contribution in [0.5, 0.6) is 0 Å². The summed E-state index contributed by atoms with van der Waals surface area (Å²) in [6, 6.07) is 13.9. The fourth-order valence-corrected chi connectivity index (χ4v) is 3.30. The van der Waals surface area contributed by atoms with Gasteiger partial charge in [0.1, 0.15) is 11.2 Å². The number of ether oxygens (including phenoxy) is 2. The first-order valence-electron chi connectivity index (χ1n) is 10.0. The van der Waals surface area contributed by atoms with E-state index in [1.165, 1.54) is 0 Å². The van der Waals surface area contributed by atoms with Gasteiger partial charge < -0.3 is 14.5 Å². The number of fused-ring (bicyclic) bond motifs is 1. The Balaban J connectivity index is 2.20. The topological polar surface area (TPSA) is 68.4 Å². The van der Waals surface area contributed by atoms with Crippen LogP contribution in [0.2, 0.25) is 0 Å². The highest BCUT2D eigenvalue weighted by molar-refractivity contribution is 6.09. The fourth-order valence-electron chi connectivity index (χ4n) is 3.30. The van der Waals surface area contributed by atoms with E-state index in [0.29, 0.717) is 11.4 Å². The zero-order valence-electron chi connectivity index (χ0n) is 18.7. The van der Waals surface area contributed by atoms with E-state index < -0.39 is 23.1 Å². The molecule has 0 unspecified atom stereocenters. The van der Waals surface area contributed by atoms with Crippen molar-refractivity contribution >= 4 is 22.7 Å². The molecule has 158 valence electrons. The van der Waals surface area contributed by atoms with Crippen LogP contribution in [-0.4, -0.2) is 28.1 Å². The second-order valence-corrected chi connectivity index (χ2v) is 9.44. The molecule has 1 N–H and O–H groups in total. The van der Waals surface area contributed by atoms with Gasteiger partial charge in [0.15, 0.2) is 0 Å². The highest BCUT2D eigenvalue weighted by Gasteiger charge is 2.32. The van der Waals surface area contributed by atoms with Gasteiger partial charge in [0.05, 0.1) is 16.8 Å². The van der Waals surface area contributed by atoms with Crippen LogP contribution in [0.1, 0.15) is 68.0 Å². The summed E-state index contributed by atoms with van der Waals surface area (Å²) in [6.45, 7) is 12.5. The number of carbonyl (C=O) groups excluding carboxylic acids is 2. The average molecular weight is 408 g/mol. The van der Waals surface area contributed by atoms with Crippen molar-refractivity contribution < 1.29 is 19.1 Å². The van der Waals surface area contributed by atoms with E-state index in [4.69, 9.17) is 9.47 Å². The molecule has 0 atom stereocenters. The minimum Gasteiger partial charge on any atom is -0.456 e. The Hall–Kier alpha value is -3.08. The third-order valence-electron chi connectivity index (χ3n) is 4.43. The average Bonchev–Trinajstić information content (AvgIpc) is 2.96. The molecule has 0 aliphatic rings. The molecule has 0 spiro atoms. The van der Waals surface area contributed by atoms with Gasteiger partial charge >= 0.3 is 11.9 Å². The Kier molecular flexibility index (Phi) is 5.50. The van der Waals surface area contributed by atoms with E-state index in [1.807, 2.05) is 42.5 Å². The van der Waals surface area contributed by atoms with Crippen molar-refractivity contribution in [3.8, 4) is 11.3 Å². The van der Waals surface area contributed by atoms with Gasteiger partial charge in [-0.3, -0.25) is 0 Å². The molecule has 3 aromatic rings. The number of esters is 2. The molecule has 1 aromatic heterocycles. The Morgan fingerprint density at radius 2 is 1.30 bits per heavy atom.